The Kier molecular flexibility index (Phi) is 5.10. The molecule has 0 radical (unpaired) electrons. The van der Waals surface area contributed by atoms with Crippen LogP contribution in [-0.4, -0.2) is 22.7 Å². The Labute approximate surface area is 120 Å². The molecule has 0 aromatic heterocycles. The lowest BCUT2D eigenvalue weighted by Crippen LogP contribution is -2.13. The summed E-state index contributed by atoms with van der Waals surface area (Å²) in [5.74, 6) is -1.86. The zero-order chi connectivity index (χ0) is 13.8. The molecule has 1 unspecified atom stereocenters. The highest BCUT2D eigenvalue weighted by atomic mass is 32.2. The van der Waals surface area contributed by atoms with Gasteiger partial charge >= 0.3 is 0 Å². The molecule has 1 aromatic carbocycles. The van der Waals surface area contributed by atoms with Gasteiger partial charge in [0.15, 0.2) is 5.17 Å². The van der Waals surface area contributed by atoms with Gasteiger partial charge in [0.2, 0.25) is 0 Å². The van der Waals surface area contributed by atoms with Crippen LogP contribution in [-0.2, 0) is 0 Å². The number of nitrogens with zero attached hydrogens (tertiary/aromatic N) is 1. The number of hydrogen-bond donors (Lipinski definition) is 1. The number of benzene rings is 1. The van der Waals surface area contributed by atoms with Gasteiger partial charge in [0.05, 0.1) is 12.2 Å². The first kappa shape index (κ1) is 14.7. The van der Waals surface area contributed by atoms with Crippen molar-refractivity contribution in [1.82, 2.24) is 0 Å². The second kappa shape index (κ2) is 6.61. The summed E-state index contributed by atoms with van der Waals surface area (Å²) in [6, 6.07) is 7.09. The molecule has 1 atom stereocenters. The number of nitrogens with one attached hydrogen (secondary N) is 1. The molecule has 0 amide bonds. The number of hydrogen-bond acceptors (Lipinski definition) is 4. The van der Waals surface area contributed by atoms with Crippen LogP contribution in [0.5, 0.6) is 0 Å². The molecule has 0 saturated heterocycles. The van der Waals surface area contributed by atoms with Crippen molar-refractivity contribution in [2.24, 2.45) is 10.9 Å². The highest BCUT2D eigenvalue weighted by Gasteiger charge is 2.23. The topological polar surface area (TPSA) is 24.4 Å². The van der Waals surface area contributed by atoms with E-state index in [2.05, 4.69) is 24.2 Å². The Hall–Kier alpha value is -0.750. The van der Waals surface area contributed by atoms with Gasteiger partial charge in [0.1, 0.15) is 0 Å². The normalized spacial score (nSPS) is 19.1. The average molecular weight is 302 g/mol. The fourth-order valence-electron chi connectivity index (χ4n) is 1.69. The third-order valence-electron chi connectivity index (χ3n) is 2.77. The summed E-state index contributed by atoms with van der Waals surface area (Å²) >= 11 is 2.24. The SMILES string of the molecule is CC(C)C1CN=C(Nc2ccccc2SC(F)F)S1. The fourth-order valence-corrected chi connectivity index (χ4v) is 3.31. The van der Waals surface area contributed by atoms with Crippen molar-refractivity contribution in [3.8, 4) is 0 Å². The van der Waals surface area contributed by atoms with E-state index in [0.29, 0.717) is 33.5 Å². The van der Waals surface area contributed by atoms with Gasteiger partial charge in [-0.3, -0.25) is 4.99 Å². The molecule has 1 heterocycles. The quantitative estimate of drug-likeness (QED) is 0.826. The number of thioether (sulfide) groups is 2. The summed E-state index contributed by atoms with van der Waals surface area (Å²) in [6.45, 7) is 5.11. The second-order valence-electron chi connectivity index (χ2n) is 4.55. The lowest BCUT2D eigenvalue weighted by molar-refractivity contribution is 0.252. The molecule has 19 heavy (non-hydrogen) atoms. The van der Waals surface area contributed by atoms with Crippen molar-refractivity contribution in [2.75, 3.05) is 11.9 Å². The number of rotatable bonds is 4. The highest BCUT2D eigenvalue weighted by molar-refractivity contribution is 8.15. The van der Waals surface area contributed by atoms with E-state index in [0.717, 1.165) is 11.7 Å². The van der Waals surface area contributed by atoms with E-state index >= 15 is 0 Å². The van der Waals surface area contributed by atoms with Gasteiger partial charge in [0.25, 0.3) is 5.76 Å². The van der Waals surface area contributed by atoms with Crippen molar-refractivity contribution in [3.63, 3.8) is 0 Å². The summed E-state index contributed by atoms with van der Waals surface area (Å²) < 4.78 is 25.0. The zero-order valence-electron chi connectivity index (χ0n) is 10.8. The van der Waals surface area contributed by atoms with Crippen molar-refractivity contribution in [2.45, 2.75) is 29.8 Å². The van der Waals surface area contributed by atoms with Crippen molar-refractivity contribution in [1.29, 1.82) is 0 Å². The molecular formula is C13H16F2N2S2. The molecule has 0 bridgehead atoms. The van der Waals surface area contributed by atoms with Gasteiger partial charge in [-0.25, -0.2) is 0 Å². The van der Waals surface area contributed by atoms with Gasteiger partial charge in [-0.15, -0.1) is 0 Å². The van der Waals surface area contributed by atoms with Crippen LogP contribution in [0.4, 0.5) is 14.5 Å². The maximum absolute atomic E-state index is 12.5. The Morgan fingerprint density at radius 3 is 2.74 bits per heavy atom. The molecule has 0 fully saturated rings. The molecule has 6 heteroatoms. The summed E-state index contributed by atoms with van der Waals surface area (Å²) in [5.41, 5.74) is 0.698. The molecule has 1 N–H and O–H groups in total. The first-order valence-electron chi connectivity index (χ1n) is 6.08. The lowest BCUT2D eigenvalue weighted by atomic mass is 10.1. The first-order valence-corrected chi connectivity index (χ1v) is 7.84. The van der Waals surface area contributed by atoms with Crippen LogP contribution in [0.2, 0.25) is 0 Å². The molecule has 1 aliphatic heterocycles. The summed E-state index contributed by atoms with van der Waals surface area (Å²) in [5, 5.41) is 4.45. The summed E-state index contributed by atoms with van der Waals surface area (Å²) in [6.07, 6.45) is 0. The van der Waals surface area contributed by atoms with Crippen LogP contribution >= 0.6 is 23.5 Å². The molecule has 2 nitrogen and oxygen atoms in total. The standard InChI is InChI=1S/C13H16F2N2S2/c1-8(2)11-7-16-13(19-11)17-9-5-3-4-6-10(9)18-12(14)15/h3-6,8,11-12H,7H2,1-2H3,(H,16,17). The number of para-hydroxylation sites is 1. The lowest BCUT2D eigenvalue weighted by Gasteiger charge is -2.13. The average Bonchev–Trinajstić information content (AvgIpc) is 2.80. The highest BCUT2D eigenvalue weighted by Crippen LogP contribution is 2.34. The van der Waals surface area contributed by atoms with E-state index in [9.17, 15) is 8.78 Å². The molecule has 2 rings (SSSR count). The van der Waals surface area contributed by atoms with Gasteiger partial charge in [-0.05, 0) is 18.1 Å². The smallest absolute Gasteiger partial charge is 0.288 e. The van der Waals surface area contributed by atoms with E-state index in [1.54, 1.807) is 30.0 Å². The maximum atomic E-state index is 12.5. The van der Waals surface area contributed by atoms with Crippen LogP contribution in [0.15, 0.2) is 34.2 Å². The minimum atomic E-state index is -2.41. The number of amidine groups is 1. The van der Waals surface area contributed by atoms with E-state index in [4.69, 9.17) is 0 Å². The van der Waals surface area contributed by atoms with Gasteiger partial charge < -0.3 is 5.32 Å². The minimum absolute atomic E-state index is 0.470. The monoisotopic (exact) mass is 302 g/mol. The molecule has 1 aromatic rings. The van der Waals surface area contributed by atoms with E-state index < -0.39 is 5.76 Å². The van der Waals surface area contributed by atoms with Crippen LogP contribution in [0, 0.1) is 5.92 Å². The van der Waals surface area contributed by atoms with E-state index in [1.165, 1.54) is 0 Å². The van der Waals surface area contributed by atoms with E-state index in [-0.39, 0.29) is 0 Å². The molecule has 0 saturated carbocycles. The van der Waals surface area contributed by atoms with E-state index in [1.807, 2.05) is 6.07 Å². The summed E-state index contributed by atoms with van der Waals surface area (Å²) in [7, 11) is 0. The van der Waals surface area contributed by atoms with Crippen LogP contribution in [0.25, 0.3) is 0 Å². The molecule has 0 aliphatic carbocycles. The molecule has 104 valence electrons. The van der Waals surface area contributed by atoms with Crippen molar-refractivity contribution in [3.05, 3.63) is 24.3 Å². The van der Waals surface area contributed by atoms with Gasteiger partial charge in [0, 0.05) is 10.1 Å². The number of aliphatic imine (C=N–C) groups is 1. The Balaban J connectivity index is 2.04. The first-order chi connectivity index (χ1) is 9.06. The Bertz CT molecular complexity index is 464. The molecule has 1 aliphatic rings. The van der Waals surface area contributed by atoms with Gasteiger partial charge in [-0.1, -0.05) is 49.5 Å². The Morgan fingerprint density at radius 1 is 1.37 bits per heavy atom. The maximum Gasteiger partial charge on any atom is 0.288 e. The predicted molar refractivity (Wildman–Crippen MR) is 80.4 cm³/mol. The van der Waals surface area contributed by atoms with Crippen LogP contribution in [0.3, 0.4) is 0 Å². The second-order valence-corrected chi connectivity index (χ2v) is 6.81. The minimum Gasteiger partial charge on any atom is -0.334 e. The number of alkyl halides is 2. The third kappa shape index (κ3) is 4.11. The fraction of sp³-hybridized carbons (Fsp3) is 0.462. The van der Waals surface area contributed by atoms with Crippen LogP contribution < -0.4 is 5.32 Å². The van der Waals surface area contributed by atoms with Crippen LogP contribution in [0.1, 0.15) is 13.8 Å². The largest absolute Gasteiger partial charge is 0.334 e. The molecular weight excluding hydrogens is 286 g/mol. The Morgan fingerprint density at radius 2 is 2.11 bits per heavy atom. The van der Waals surface area contributed by atoms with Gasteiger partial charge in [-0.2, -0.15) is 8.78 Å². The molecule has 0 spiro atoms. The third-order valence-corrected chi connectivity index (χ3v) is 5.00. The zero-order valence-corrected chi connectivity index (χ0v) is 12.4. The number of halogens is 2. The van der Waals surface area contributed by atoms with Crippen molar-refractivity contribution < 1.29 is 8.78 Å². The predicted octanol–water partition coefficient (Wildman–Crippen LogP) is 4.54. The van der Waals surface area contributed by atoms with Crippen molar-refractivity contribution >= 4 is 34.4 Å². The summed E-state index contributed by atoms with van der Waals surface area (Å²) in [4.78, 5) is 4.98. The number of anilines is 1.